The molecule has 1 saturated heterocycles. The van der Waals surface area contributed by atoms with Gasteiger partial charge in [0.2, 0.25) is 0 Å². The fraction of sp³-hybridized carbons (Fsp3) is 0.333. The molecule has 2 N–H and O–H groups in total. The maximum absolute atomic E-state index is 13.0. The van der Waals surface area contributed by atoms with E-state index in [1.807, 2.05) is 77.3 Å². The molecule has 0 saturated carbocycles. The van der Waals surface area contributed by atoms with E-state index in [4.69, 9.17) is 0 Å². The third-order valence-electron chi connectivity index (χ3n) is 5.43. The van der Waals surface area contributed by atoms with Gasteiger partial charge in [-0.2, -0.15) is 0 Å². The molecule has 0 aromatic heterocycles. The van der Waals surface area contributed by atoms with Gasteiger partial charge in [0.05, 0.1) is 38.8 Å². The van der Waals surface area contributed by atoms with Gasteiger partial charge in [0.1, 0.15) is 5.76 Å². The van der Waals surface area contributed by atoms with Crippen molar-refractivity contribution in [2.45, 2.75) is 26.8 Å². The zero-order valence-corrected chi connectivity index (χ0v) is 17.7. The van der Waals surface area contributed by atoms with Crippen molar-refractivity contribution < 1.29 is 19.6 Å². The van der Waals surface area contributed by atoms with Gasteiger partial charge >= 0.3 is 0 Å². The van der Waals surface area contributed by atoms with Crippen LogP contribution in [0.25, 0.3) is 5.76 Å². The first-order valence-corrected chi connectivity index (χ1v) is 9.92. The molecule has 2 aromatic rings. The van der Waals surface area contributed by atoms with Crippen molar-refractivity contribution in [2.24, 2.45) is 0 Å². The monoisotopic (exact) mass is 393 g/mol. The van der Waals surface area contributed by atoms with E-state index in [2.05, 4.69) is 0 Å². The molecular formula is C24H29N2O3+. The summed E-state index contributed by atoms with van der Waals surface area (Å²) in [5, 5.41) is 11.2. The van der Waals surface area contributed by atoms with E-state index in [1.165, 1.54) is 4.90 Å². The first kappa shape index (κ1) is 20.8. The Hall–Kier alpha value is -2.92. The molecule has 29 heavy (non-hydrogen) atoms. The number of carbonyl (C=O) groups excluding carboxylic acids is 2. The van der Waals surface area contributed by atoms with E-state index in [0.717, 1.165) is 22.3 Å². The number of hydrogen-bond donors (Lipinski definition) is 2. The predicted octanol–water partition coefficient (Wildman–Crippen LogP) is 2.18. The highest BCUT2D eigenvalue weighted by Gasteiger charge is 2.46. The van der Waals surface area contributed by atoms with Gasteiger partial charge < -0.3 is 14.9 Å². The Morgan fingerprint density at radius 2 is 1.62 bits per heavy atom. The molecule has 152 valence electrons. The first-order chi connectivity index (χ1) is 13.7. The number of Topliss-reactive ketones (excluding diaryl/α,β-unsaturated/α-hetero) is 1. The Morgan fingerprint density at radius 3 is 2.24 bits per heavy atom. The van der Waals surface area contributed by atoms with Crippen LogP contribution in [0.4, 0.5) is 0 Å². The molecule has 2 aromatic carbocycles. The Labute approximate surface area is 172 Å². The van der Waals surface area contributed by atoms with Crippen molar-refractivity contribution in [3.8, 4) is 0 Å². The fourth-order valence-electron chi connectivity index (χ4n) is 3.69. The number of rotatable bonds is 5. The lowest BCUT2D eigenvalue weighted by Crippen LogP contribution is -3.06. The summed E-state index contributed by atoms with van der Waals surface area (Å²) in [5.74, 6) is -1.28. The molecule has 0 aliphatic carbocycles. The maximum atomic E-state index is 13.0. The van der Waals surface area contributed by atoms with Crippen LogP contribution in [0.15, 0.2) is 48.0 Å². The second kappa shape index (κ2) is 8.21. The lowest BCUT2D eigenvalue weighted by atomic mass is 9.93. The highest BCUT2D eigenvalue weighted by molar-refractivity contribution is 6.46. The molecule has 0 radical (unpaired) electrons. The van der Waals surface area contributed by atoms with Crippen LogP contribution >= 0.6 is 0 Å². The van der Waals surface area contributed by atoms with Gasteiger partial charge in [-0.1, -0.05) is 47.5 Å². The second-order valence-corrected chi connectivity index (χ2v) is 8.18. The maximum Gasteiger partial charge on any atom is 0.295 e. The number of benzene rings is 2. The van der Waals surface area contributed by atoms with Gasteiger partial charge in [-0.05, 0) is 38.0 Å². The Kier molecular flexibility index (Phi) is 5.89. The van der Waals surface area contributed by atoms with E-state index in [-0.39, 0.29) is 11.3 Å². The summed E-state index contributed by atoms with van der Waals surface area (Å²) in [6.45, 7) is 6.97. The Morgan fingerprint density at radius 1 is 1.00 bits per heavy atom. The molecule has 1 fully saturated rings. The fourth-order valence-corrected chi connectivity index (χ4v) is 3.69. The number of nitrogens with one attached hydrogen (secondary N) is 1. The van der Waals surface area contributed by atoms with Crippen molar-refractivity contribution >= 4 is 17.4 Å². The van der Waals surface area contributed by atoms with Crippen LogP contribution in [-0.4, -0.2) is 48.9 Å². The van der Waals surface area contributed by atoms with E-state index in [9.17, 15) is 14.7 Å². The van der Waals surface area contributed by atoms with E-state index in [0.29, 0.717) is 18.7 Å². The summed E-state index contributed by atoms with van der Waals surface area (Å²) in [4.78, 5) is 28.7. The minimum atomic E-state index is -0.622. The highest BCUT2D eigenvalue weighted by Crippen LogP contribution is 2.39. The molecule has 1 aliphatic heterocycles. The first-order valence-electron chi connectivity index (χ1n) is 9.92. The molecular weight excluding hydrogens is 364 g/mol. The molecule has 0 spiro atoms. The van der Waals surface area contributed by atoms with Gasteiger partial charge in [0.25, 0.3) is 11.7 Å². The third kappa shape index (κ3) is 4.10. The smallest absolute Gasteiger partial charge is 0.295 e. The summed E-state index contributed by atoms with van der Waals surface area (Å²) < 4.78 is 0. The number of hydrogen-bond acceptors (Lipinski definition) is 3. The Balaban J connectivity index is 2.19. The number of nitrogens with zero attached hydrogens (tertiary/aromatic N) is 1. The lowest BCUT2D eigenvalue weighted by molar-refractivity contribution is -0.857. The SMILES string of the molecule is Cc1ccc(C2C(=C(O)c3cc(C)ccc3C)C(=O)C(=O)N2CC[NH+](C)C)cc1. The zero-order chi connectivity index (χ0) is 21.3. The number of aliphatic hydroxyl groups excluding tert-OH is 1. The van der Waals surface area contributed by atoms with Crippen LogP contribution in [0.3, 0.4) is 0 Å². The number of likely N-dealkylation sites (tertiary alicyclic amines) is 1. The number of aryl methyl sites for hydroxylation is 3. The third-order valence-corrected chi connectivity index (χ3v) is 5.43. The predicted molar refractivity (Wildman–Crippen MR) is 114 cm³/mol. The summed E-state index contributed by atoms with van der Waals surface area (Å²) in [7, 11) is 4.02. The van der Waals surface area contributed by atoms with Crippen molar-refractivity contribution in [1.82, 2.24) is 4.90 Å². The molecule has 1 heterocycles. The van der Waals surface area contributed by atoms with Crippen LogP contribution in [-0.2, 0) is 9.59 Å². The zero-order valence-electron chi connectivity index (χ0n) is 17.7. The average molecular weight is 394 g/mol. The number of aliphatic hydroxyl groups is 1. The minimum absolute atomic E-state index is 0.102. The Bertz CT molecular complexity index is 974. The van der Waals surface area contributed by atoms with Gasteiger partial charge in [-0.15, -0.1) is 0 Å². The van der Waals surface area contributed by atoms with Gasteiger partial charge in [0.15, 0.2) is 0 Å². The number of quaternary nitrogens is 1. The molecule has 1 unspecified atom stereocenters. The van der Waals surface area contributed by atoms with Crippen molar-refractivity contribution in [3.63, 3.8) is 0 Å². The number of amides is 1. The van der Waals surface area contributed by atoms with Crippen LogP contribution < -0.4 is 4.90 Å². The van der Waals surface area contributed by atoms with Gasteiger partial charge in [-0.3, -0.25) is 9.59 Å². The normalized spacial score (nSPS) is 18.7. The number of carbonyl (C=O) groups is 2. The van der Waals surface area contributed by atoms with Crippen molar-refractivity contribution in [2.75, 3.05) is 27.2 Å². The number of likely N-dealkylation sites (N-methyl/N-ethyl adjacent to an activating group) is 1. The lowest BCUT2D eigenvalue weighted by Gasteiger charge is -2.26. The molecule has 5 nitrogen and oxygen atoms in total. The second-order valence-electron chi connectivity index (χ2n) is 8.18. The summed E-state index contributed by atoms with van der Waals surface area (Å²) in [6, 6.07) is 12.9. The number of ketones is 1. The summed E-state index contributed by atoms with van der Waals surface area (Å²) in [6.07, 6.45) is 0. The van der Waals surface area contributed by atoms with E-state index < -0.39 is 17.7 Å². The summed E-state index contributed by atoms with van der Waals surface area (Å²) in [5.41, 5.74) is 4.53. The topological polar surface area (TPSA) is 62.0 Å². The van der Waals surface area contributed by atoms with Crippen LogP contribution in [0, 0.1) is 20.8 Å². The van der Waals surface area contributed by atoms with Crippen LogP contribution in [0.2, 0.25) is 0 Å². The van der Waals surface area contributed by atoms with E-state index >= 15 is 0 Å². The minimum Gasteiger partial charge on any atom is -0.507 e. The molecule has 5 heteroatoms. The largest absolute Gasteiger partial charge is 0.507 e. The van der Waals surface area contributed by atoms with Gasteiger partial charge in [-0.25, -0.2) is 0 Å². The molecule has 1 amide bonds. The molecule has 1 aliphatic rings. The molecule has 0 bridgehead atoms. The highest BCUT2D eigenvalue weighted by atomic mass is 16.3. The summed E-state index contributed by atoms with van der Waals surface area (Å²) >= 11 is 0. The standard InChI is InChI=1S/C24H28N2O3/c1-15-7-10-18(11-8-15)21-20(22(27)19-14-16(2)6-9-17(19)3)23(28)24(29)26(21)13-12-25(4)5/h6-11,14,21,27H,12-13H2,1-5H3/p+1. The quantitative estimate of drug-likeness (QED) is 0.465. The van der Waals surface area contributed by atoms with E-state index in [1.54, 1.807) is 4.90 Å². The van der Waals surface area contributed by atoms with Crippen molar-refractivity contribution in [3.05, 3.63) is 75.9 Å². The van der Waals surface area contributed by atoms with Crippen molar-refractivity contribution in [1.29, 1.82) is 0 Å². The average Bonchev–Trinajstić information content (AvgIpc) is 2.93. The van der Waals surface area contributed by atoms with Crippen LogP contribution in [0.5, 0.6) is 0 Å². The van der Waals surface area contributed by atoms with Gasteiger partial charge in [0, 0.05) is 5.56 Å². The van der Waals surface area contributed by atoms with Crippen LogP contribution in [0.1, 0.15) is 33.9 Å². The molecule has 3 rings (SSSR count). The molecule has 1 atom stereocenters.